The third-order valence-corrected chi connectivity index (χ3v) is 7.78. The molecule has 0 saturated carbocycles. The Morgan fingerprint density at radius 2 is 1.63 bits per heavy atom. The molecular formula is C25H27N5O3S2. The van der Waals surface area contributed by atoms with Crippen molar-refractivity contribution in [3.63, 3.8) is 0 Å². The van der Waals surface area contributed by atoms with Gasteiger partial charge >= 0.3 is 0 Å². The number of benzene rings is 2. The molecule has 2 heterocycles. The number of anilines is 2. The molecule has 1 N–H and O–H groups in total. The third kappa shape index (κ3) is 6.01. The van der Waals surface area contributed by atoms with Gasteiger partial charge in [-0.25, -0.2) is 4.98 Å². The maximum atomic E-state index is 13.2. The van der Waals surface area contributed by atoms with Crippen molar-refractivity contribution in [1.82, 2.24) is 14.8 Å². The van der Waals surface area contributed by atoms with Gasteiger partial charge in [0.25, 0.3) is 11.8 Å². The zero-order valence-electron chi connectivity index (χ0n) is 19.9. The first-order valence-corrected chi connectivity index (χ1v) is 12.8. The standard InChI is InChI=1S/C25H27N5O3S2/c1-17(31)29-12-14-30(15-13-29)24(33)20-6-4-5-7-21(20)34-22-16-26-25(35-22)27-23(32)18-8-10-19(11-9-18)28(2)3/h4-11,16H,12-15H2,1-3H3,(H,26,27,32). The van der Waals surface area contributed by atoms with Crippen molar-refractivity contribution in [1.29, 1.82) is 0 Å². The minimum absolute atomic E-state index is 0.0340. The fourth-order valence-electron chi connectivity index (χ4n) is 3.68. The average Bonchev–Trinajstić information content (AvgIpc) is 3.30. The number of thiazole rings is 1. The highest BCUT2D eigenvalue weighted by Gasteiger charge is 2.25. The van der Waals surface area contributed by atoms with Crippen LogP contribution >= 0.6 is 23.1 Å². The number of hydrogen-bond acceptors (Lipinski definition) is 7. The first-order valence-electron chi connectivity index (χ1n) is 11.2. The Labute approximate surface area is 212 Å². The van der Waals surface area contributed by atoms with Gasteiger partial charge in [-0.3, -0.25) is 19.7 Å². The van der Waals surface area contributed by atoms with Crippen LogP contribution in [0.1, 0.15) is 27.6 Å². The minimum atomic E-state index is -0.221. The minimum Gasteiger partial charge on any atom is -0.378 e. The van der Waals surface area contributed by atoms with Crippen LogP contribution in [0, 0.1) is 0 Å². The molecule has 0 spiro atoms. The van der Waals surface area contributed by atoms with Crippen LogP contribution in [0.3, 0.4) is 0 Å². The number of aromatic nitrogens is 1. The summed E-state index contributed by atoms with van der Waals surface area (Å²) in [4.78, 5) is 48.1. The Bertz CT molecular complexity index is 1220. The fraction of sp³-hybridized carbons (Fsp3) is 0.280. The van der Waals surface area contributed by atoms with Gasteiger partial charge in [0.1, 0.15) is 0 Å². The summed E-state index contributed by atoms with van der Waals surface area (Å²) in [6, 6.07) is 14.8. The van der Waals surface area contributed by atoms with Crippen molar-refractivity contribution < 1.29 is 14.4 Å². The quantitative estimate of drug-likeness (QED) is 0.542. The van der Waals surface area contributed by atoms with Crippen LogP contribution in [0.25, 0.3) is 0 Å². The first kappa shape index (κ1) is 24.7. The van der Waals surface area contributed by atoms with Gasteiger partial charge in [0.05, 0.1) is 16.0 Å². The SMILES string of the molecule is CC(=O)N1CCN(C(=O)c2ccccc2Sc2cnc(NC(=O)c3ccc(N(C)C)cc3)s2)CC1. The number of carbonyl (C=O) groups excluding carboxylic acids is 3. The largest absolute Gasteiger partial charge is 0.378 e. The molecular weight excluding hydrogens is 482 g/mol. The molecule has 1 fully saturated rings. The lowest BCUT2D eigenvalue weighted by Gasteiger charge is -2.34. The summed E-state index contributed by atoms with van der Waals surface area (Å²) in [5.74, 6) is -0.233. The van der Waals surface area contributed by atoms with Gasteiger partial charge in [-0.2, -0.15) is 0 Å². The topological polar surface area (TPSA) is 85.9 Å². The van der Waals surface area contributed by atoms with Gasteiger partial charge in [-0.1, -0.05) is 35.2 Å². The molecule has 0 bridgehead atoms. The van der Waals surface area contributed by atoms with Gasteiger partial charge in [0, 0.05) is 63.3 Å². The van der Waals surface area contributed by atoms with Crippen LogP contribution in [-0.4, -0.2) is 72.8 Å². The van der Waals surface area contributed by atoms with E-state index in [9.17, 15) is 14.4 Å². The van der Waals surface area contributed by atoms with E-state index in [4.69, 9.17) is 0 Å². The van der Waals surface area contributed by atoms with Crippen LogP contribution < -0.4 is 10.2 Å². The summed E-state index contributed by atoms with van der Waals surface area (Å²) in [6.45, 7) is 3.68. The second-order valence-electron chi connectivity index (χ2n) is 8.28. The van der Waals surface area contributed by atoms with Crippen molar-refractivity contribution >= 4 is 51.6 Å². The Morgan fingerprint density at radius 3 is 2.29 bits per heavy atom. The zero-order valence-corrected chi connectivity index (χ0v) is 21.5. The van der Waals surface area contributed by atoms with Gasteiger partial charge in [0.15, 0.2) is 5.13 Å². The maximum absolute atomic E-state index is 13.2. The monoisotopic (exact) mass is 509 g/mol. The molecule has 2 aromatic carbocycles. The van der Waals surface area contributed by atoms with E-state index in [1.165, 1.54) is 23.1 Å². The molecule has 0 radical (unpaired) electrons. The van der Waals surface area contributed by atoms with Crippen molar-refractivity contribution in [3.05, 3.63) is 65.9 Å². The summed E-state index contributed by atoms with van der Waals surface area (Å²) in [5, 5.41) is 3.35. The number of rotatable bonds is 6. The van der Waals surface area contributed by atoms with Crippen LogP contribution in [0.5, 0.6) is 0 Å². The lowest BCUT2D eigenvalue weighted by molar-refractivity contribution is -0.130. The highest BCUT2D eigenvalue weighted by molar-refractivity contribution is 8.01. The molecule has 1 saturated heterocycles. The fourth-order valence-corrected chi connectivity index (χ4v) is 5.63. The van der Waals surface area contributed by atoms with Gasteiger partial charge < -0.3 is 14.7 Å². The van der Waals surface area contributed by atoms with Gasteiger partial charge in [-0.15, -0.1) is 0 Å². The highest BCUT2D eigenvalue weighted by Crippen LogP contribution is 2.36. The molecule has 0 aliphatic carbocycles. The summed E-state index contributed by atoms with van der Waals surface area (Å²) in [5.41, 5.74) is 2.19. The number of amides is 3. The zero-order chi connectivity index (χ0) is 24.9. The molecule has 3 aromatic rings. The van der Waals surface area contributed by atoms with E-state index < -0.39 is 0 Å². The lowest BCUT2D eigenvalue weighted by Crippen LogP contribution is -2.50. The lowest BCUT2D eigenvalue weighted by atomic mass is 10.2. The molecule has 0 atom stereocenters. The molecule has 0 unspecified atom stereocenters. The van der Waals surface area contributed by atoms with E-state index in [1.807, 2.05) is 55.4 Å². The van der Waals surface area contributed by atoms with Crippen LogP contribution in [0.4, 0.5) is 10.8 Å². The predicted molar refractivity (Wildman–Crippen MR) is 140 cm³/mol. The molecule has 35 heavy (non-hydrogen) atoms. The highest BCUT2D eigenvalue weighted by atomic mass is 32.2. The molecule has 8 nitrogen and oxygen atoms in total. The molecule has 3 amide bonds. The Hall–Kier alpha value is -3.37. The smallest absolute Gasteiger partial charge is 0.257 e. The summed E-state index contributed by atoms with van der Waals surface area (Å²) in [7, 11) is 3.90. The summed E-state index contributed by atoms with van der Waals surface area (Å²) < 4.78 is 0.866. The van der Waals surface area contributed by atoms with Crippen molar-refractivity contribution in [2.75, 3.05) is 50.5 Å². The van der Waals surface area contributed by atoms with E-state index >= 15 is 0 Å². The van der Waals surface area contributed by atoms with Gasteiger partial charge in [-0.05, 0) is 36.4 Å². The molecule has 10 heteroatoms. The van der Waals surface area contributed by atoms with Gasteiger partial charge in [0.2, 0.25) is 5.91 Å². The second-order valence-corrected chi connectivity index (χ2v) is 10.6. The van der Waals surface area contributed by atoms with Crippen molar-refractivity contribution in [3.8, 4) is 0 Å². The Kier molecular flexibility index (Phi) is 7.72. The Balaban J connectivity index is 1.41. The summed E-state index contributed by atoms with van der Waals surface area (Å²) in [6.07, 6.45) is 1.70. The molecule has 4 rings (SSSR count). The molecule has 182 valence electrons. The van der Waals surface area contributed by atoms with E-state index in [0.29, 0.717) is 42.4 Å². The van der Waals surface area contributed by atoms with Crippen LogP contribution in [0.15, 0.2) is 63.8 Å². The van der Waals surface area contributed by atoms with E-state index in [0.717, 1.165) is 14.8 Å². The van der Waals surface area contributed by atoms with E-state index in [2.05, 4.69) is 10.3 Å². The Morgan fingerprint density at radius 1 is 0.971 bits per heavy atom. The summed E-state index contributed by atoms with van der Waals surface area (Å²) >= 11 is 2.81. The van der Waals surface area contributed by atoms with Crippen molar-refractivity contribution in [2.24, 2.45) is 0 Å². The van der Waals surface area contributed by atoms with E-state index in [1.54, 1.807) is 35.1 Å². The molecule has 1 aliphatic rings. The average molecular weight is 510 g/mol. The normalized spacial score (nSPS) is 13.5. The maximum Gasteiger partial charge on any atom is 0.257 e. The number of nitrogens with zero attached hydrogens (tertiary/aromatic N) is 4. The molecule has 1 aliphatic heterocycles. The van der Waals surface area contributed by atoms with Crippen LogP contribution in [-0.2, 0) is 4.79 Å². The van der Waals surface area contributed by atoms with Crippen molar-refractivity contribution in [2.45, 2.75) is 16.0 Å². The van der Waals surface area contributed by atoms with E-state index in [-0.39, 0.29) is 17.7 Å². The number of nitrogens with one attached hydrogen (secondary N) is 1. The van der Waals surface area contributed by atoms with Crippen LogP contribution in [0.2, 0.25) is 0 Å². The number of piperazine rings is 1. The predicted octanol–water partition coefficient (Wildman–Crippen LogP) is 3.92. The third-order valence-electron chi connectivity index (χ3n) is 5.69. The molecule has 1 aromatic heterocycles. The number of hydrogen-bond donors (Lipinski definition) is 1. The first-order chi connectivity index (χ1) is 16.8. The number of carbonyl (C=O) groups is 3. The second kappa shape index (κ2) is 10.9.